The predicted octanol–water partition coefficient (Wildman–Crippen LogP) is 2.10. The summed E-state index contributed by atoms with van der Waals surface area (Å²) in [7, 11) is 0. The van der Waals surface area contributed by atoms with E-state index in [4.69, 9.17) is 16.7 Å². The van der Waals surface area contributed by atoms with Crippen molar-refractivity contribution >= 4 is 23.5 Å². The van der Waals surface area contributed by atoms with Gasteiger partial charge in [0.1, 0.15) is 11.0 Å². The number of hydrogen-bond donors (Lipinski definition) is 2. The SMILES string of the molecule is CCCC(CNC(=O)c1cc(F)cnc1Cl)C(=O)O. The molecule has 5 nitrogen and oxygen atoms in total. The topological polar surface area (TPSA) is 79.3 Å². The first-order chi connectivity index (χ1) is 8.95. The summed E-state index contributed by atoms with van der Waals surface area (Å²) >= 11 is 5.68. The van der Waals surface area contributed by atoms with Crippen LogP contribution < -0.4 is 5.32 Å². The number of pyridine rings is 1. The summed E-state index contributed by atoms with van der Waals surface area (Å²) in [6, 6.07) is 0.959. The third-order valence-corrected chi connectivity index (χ3v) is 2.85. The second-order valence-electron chi connectivity index (χ2n) is 4.03. The van der Waals surface area contributed by atoms with Crippen molar-refractivity contribution in [3.05, 3.63) is 28.8 Å². The molecular weight excluding hydrogens is 275 g/mol. The number of hydrogen-bond acceptors (Lipinski definition) is 3. The van der Waals surface area contributed by atoms with Crippen LogP contribution in [0.2, 0.25) is 5.15 Å². The smallest absolute Gasteiger partial charge is 0.308 e. The number of carbonyl (C=O) groups excluding carboxylic acids is 1. The molecule has 0 fully saturated rings. The van der Waals surface area contributed by atoms with Crippen molar-refractivity contribution in [3.8, 4) is 0 Å². The molecule has 0 aliphatic carbocycles. The van der Waals surface area contributed by atoms with E-state index in [1.54, 1.807) is 0 Å². The Kier molecular flexibility index (Phi) is 5.69. The largest absolute Gasteiger partial charge is 0.481 e. The summed E-state index contributed by atoms with van der Waals surface area (Å²) in [6.07, 6.45) is 2.04. The first-order valence-electron chi connectivity index (χ1n) is 5.77. The van der Waals surface area contributed by atoms with Crippen LogP contribution in [0.3, 0.4) is 0 Å². The molecule has 1 heterocycles. The normalized spacial score (nSPS) is 11.9. The minimum absolute atomic E-state index is 0.0329. The number of rotatable bonds is 6. The van der Waals surface area contributed by atoms with Crippen LogP contribution in [0.15, 0.2) is 12.3 Å². The average Bonchev–Trinajstić information content (AvgIpc) is 2.36. The molecular formula is C12H14ClFN2O3. The Morgan fingerprint density at radius 3 is 2.84 bits per heavy atom. The molecule has 1 aromatic heterocycles. The molecule has 0 aliphatic rings. The van der Waals surface area contributed by atoms with Crippen molar-refractivity contribution in [1.82, 2.24) is 10.3 Å². The summed E-state index contributed by atoms with van der Waals surface area (Å²) < 4.78 is 13.0. The quantitative estimate of drug-likeness (QED) is 0.786. The van der Waals surface area contributed by atoms with E-state index < -0.39 is 23.6 Å². The lowest BCUT2D eigenvalue weighted by Crippen LogP contribution is -2.33. The van der Waals surface area contributed by atoms with E-state index >= 15 is 0 Å². The summed E-state index contributed by atoms with van der Waals surface area (Å²) in [4.78, 5) is 26.2. The zero-order valence-corrected chi connectivity index (χ0v) is 11.1. The molecule has 1 unspecified atom stereocenters. The van der Waals surface area contributed by atoms with Crippen molar-refractivity contribution in [2.24, 2.45) is 5.92 Å². The molecule has 0 bridgehead atoms. The van der Waals surface area contributed by atoms with Gasteiger partial charge in [-0.05, 0) is 12.5 Å². The number of aromatic nitrogens is 1. The molecule has 1 atom stereocenters. The number of halogens is 2. The number of aliphatic carboxylic acids is 1. The maximum Gasteiger partial charge on any atom is 0.308 e. The second kappa shape index (κ2) is 7.04. The third kappa shape index (κ3) is 4.48. The van der Waals surface area contributed by atoms with E-state index in [2.05, 4.69) is 10.3 Å². The molecule has 0 aliphatic heterocycles. The van der Waals surface area contributed by atoms with Crippen molar-refractivity contribution in [3.63, 3.8) is 0 Å². The number of amides is 1. The molecule has 0 radical (unpaired) electrons. The Morgan fingerprint density at radius 1 is 1.58 bits per heavy atom. The molecule has 0 saturated heterocycles. The zero-order valence-electron chi connectivity index (χ0n) is 10.3. The highest BCUT2D eigenvalue weighted by molar-refractivity contribution is 6.32. The van der Waals surface area contributed by atoms with Gasteiger partial charge in [0, 0.05) is 6.54 Å². The Labute approximate surface area is 114 Å². The van der Waals surface area contributed by atoms with Gasteiger partial charge in [-0.1, -0.05) is 24.9 Å². The summed E-state index contributed by atoms with van der Waals surface area (Å²) in [6.45, 7) is 1.82. The van der Waals surface area contributed by atoms with Crippen LogP contribution in [0.25, 0.3) is 0 Å². The highest BCUT2D eigenvalue weighted by Gasteiger charge is 2.19. The van der Waals surface area contributed by atoms with Crippen molar-refractivity contribution < 1.29 is 19.1 Å². The first-order valence-corrected chi connectivity index (χ1v) is 6.15. The lowest BCUT2D eigenvalue weighted by molar-refractivity contribution is -0.141. The van der Waals surface area contributed by atoms with E-state index in [1.807, 2.05) is 6.92 Å². The van der Waals surface area contributed by atoms with E-state index in [9.17, 15) is 14.0 Å². The van der Waals surface area contributed by atoms with Gasteiger partial charge in [0.2, 0.25) is 0 Å². The Morgan fingerprint density at radius 2 is 2.26 bits per heavy atom. The lowest BCUT2D eigenvalue weighted by atomic mass is 10.0. The standard InChI is InChI=1S/C12H14ClFN2O3/c1-2-3-7(12(18)19)5-16-11(17)9-4-8(14)6-15-10(9)13/h4,6-7H,2-3,5H2,1H3,(H,16,17)(H,18,19). The predicted molar refractivity (Wildman–Crippen MR) is 67.6 cm³/mol. The van der Waals surface area contributed by atoms with E-state index in [0.29, 0.717) is 12.8 Å². The number of carboxylic acids is 1. The van der Waals surface area contributed by atoms with Gasteiger partial charge < -0.3 is 10.4 Å². The van der Waals surface area contributed by atoms with Crippen LogP contribution in [0.5, 0.6) is 0 Å². The lowest BCUT2D eigenvalue weighted by Gasteiger charge is -2.12. The minimum atomic E-state index is -0.981. The fraction of sp³-hybridized carbons (Fsp3) is 0.417. The van der Waals surface area contributed by atoms with Gasteiger partial charge in [-0.15, -0.1) is 0 Å². The molecule has 2 N–H and O–H groups in total. The zero-order chi connectivity index (χ0) is 14.4. The Bertz CT molecular complexity index is 482. The average molecular weight is 289 g/mol. The summed E-state index contributed by atoms with van der Waals surface area (Å²) in [5, 5.41) is 11.2. The molecule has 1 rings (SSSR count). The van der Waals surface area contributed by atoms with Gasteiger partial charge in [0.05, 0.1) is 17.7 Å². The van der Waals surface area contributed by atoms with Crippen LogP contribution in [0.1, 0.15) is 30.1 Å². The molecule has 1 amide bonds. The van der Waals surface area contributed by atoms with Crippen LogP contribution in [0.4, 0.5) is 4.39 Å². The molecule has 7 heteroatoms. The van der Waals surface area contributed by atoms with Gasteiger partial charge in [0.15, 0.2) is 0 Å². The highest BCUT2D eigenvalue weighted by atomic mass is 35.5. The summed E-state index contributed by atoms with van der Waals surface area (Å²) in [5.41, 5.74) is -0.109. The van der Waals surface area contributed by atoms with E-state index in [0.717, 1.165) is 12.3 Å². The van der Waals surface area contributed by atoms with Crippen LogP contribution in [-0.2, 0) is 4.79 Å². The Hall–Kier alpha value is -1.69. The molecule has 0 aromatic carbocycles. The van der Waals surface area contributed by atoms with Crippen LogP contribution in [-0.4, -0.2) is 28.5 Å². The molecule has 19 heavy (non-hydrogen) atoms. The Balaban J connectivity index is 2.69. The third-order valence-electron chi connectivity index (χ3n) is 2.55. The van der Waals surface area contributed by atoms with E-state index in [-0.39, 0.29) is 17.3 Å². The first kappa shape index (κ1) is 15.4. The highest BCUT2D eigenvalue weighted by Crippen LogP contribution is 2.14. The number of nitrogens with one attached hydrogen (secondary N) is 1. The minimum Gasteiger partial charge on any atom is -0.481 e. The number of carbonyl (C=O) groups is 2. The fourth-order valence-electron chi connectivity index (χ4n) is 1.55. The molecule has 1 aromatic rings. The second-order valence-corrected chi connectivity index (χ2v) is 4.38. The van der Waals surface area contributed by atoms with Crippen LogP contribution in [0, 0.1) is 11.7 Å². The van der Waals surface area contributed by atoms with Gasteiger partial charge in [-0.2, -0.15) is 0 Å². The maximum absolute atomic E-state index is 13.0. The molecule has 0 saturated carbocycles. The fourth-order valence-corrected chi connectivity index (χ4v) is 1.74. The monoisotopic (exact) mass is 288 g/mol. The van der Waals surface area contributed by atoms with Crippen molar-refractivity contribution in [2.45, 2.75) is 19.8 Å². The van der Waals surface area contributed by atoms with Crippen LogP contribution >= 0.6 is 11.6 Å². The number of nitrogens with zero attached hydrogens (tertiary/aromatic N) is 1. The molecule has 0 spiro atoms. The van der Waals surface area contributed by atoms with E-state index in [1.165, 1.54) is 0 Å². The van der Waals surface area contributed by atoms with Gasteiger partial charge in [-0.25, -0.2) is 9.37 Å². The van der Waals surface area contributed by atoms with Crippen molar-refractivity contribution in [2.75, 3.05) is 6.54 Å². The van der Waals surface area contributed by atoms with Gasteiger partial charge >= 0.3 is 5.97 Å². The van der Waals surface area contributed by atoms with Gasteiger partial charge in [0.25, 0.3) is 5.91 Å². The van der Waals surface area contributed by atoms with Gasteiger partial charge in [-0.3, -0.25) is 9.59 Å². The maximum atomic E-state index is 13.0. The summed E-state index contributed by atoms with van der Waals surface area (Å²) in [5.74, 6) is -2.97. The number of carboxylic acid groups (broad SMARTS) is 1. The van der Waals surface area contributed by atoms with Crippen molar-refractivity contribution in [1.29, 1.82) is 0 Å². The molecule has 104 valence electrons.